The molecule has 1 amide bonds. The lowest BCUT2D eigenvalue weighted by Crippen LogP contribution is -2.20. The lowest BCUT2D eigenvalue weighted by atomic mass is 10.2. The van der Waals surface area contributed by atoms with Gasteiger partial charge in [-0.1, -0.05) is 23.4 Å². The highest BCUT2D eigenvalue weighted by Crippen LogP contribution is 2.32. The fourth-order valence-electron chi connectivity index (χ4n) is 3.03. The average molecular weight is 404 g/mol. The van der Waals surface area contributed by atoms with Gasteiger partial charge in [-0.05, 0) is 29.8 Å². The fraction of sp³-hybridized carbons (Fsp3) is 0.150. The lowest BCUT2D eigenvalue weighted by molar-refractivity contribution is -0.116. The van der Waals surface area contributed by atoms with Gasteiger partial charge < -0.3 is 19.5 Å². The number of anilines is 1. The van der Waals surface area contributed by atoms with Crippen LogP contribution in [0.25, 0.3) is 11.0 Å². The van der Waals surface area contributed by atoms with Gasteiger partial charge in [0, 0.05) is 6.07 Å². The third-order valence-electron chi connectivity index (χ3n) is 4.45. The zero-order valence-corrected chi connectivity index (χ0v) is 15.7. The summed E-state index contributed by atoms with van der Waals surface area (Å²) in [5, 5.41) is 10.8. The Morgan fingerprint density at radius 3 is 2.97 bits per heavy atom. The van der Waals surface area contributed by atoms with Gasteiger partial charge in [-0.3, -0.25) is 4.79 Å². The Bertz CT molecular complexity index is 1220. The molecule has 0 saturated heterocycles. The average Bonchev–Trinajstić information content (AvgIpc) is 3.39. The SMILES string of the molecule is O=C(Cn1nnc2ccccc21)Nc1cc(OCc2ccc3c(c2)OCO3)ncn1. The third-order valence-corrected chi connectivity index (χ3v) is 4.45. The molecule has 30 heavy (non-hydrogen) atoms. The number of ether oxygens (including phenoxy) is 3. The Kier molecular flexibility index (Phi) is 4.56. The summed E-state index contributed by atoms with van der Waals surface area (Å²) in [5.74, 6) is 1.79. The van der Waals surface area contributed by atoms with Gasteiger partial charge in [0.15, 0.2) is 11.5 Å². The van der Waals surface area contributed by atoms with Gasteiger partial charge in [0.05, 0.1) is 5.52 Å². The summed E-state index contributed by atoms with van der Waals surface area (Å²) in [6.07, 6.45) is 1.33. The van der Waals surface area contributed by atoms with E-state index in [1.807, 2.05) is 42.5 Å². The van der Waals surface area contributed by atoms with Crippen LogP contribution < -0.4 is 19.5 Å². The topological polar surface area (TPSA) is 113 Å². The normalized spacial score (nSPS) is 12.1. The quantitative estimate of drug-likeness (QED) is 0.520. The summed E-state index contributed by atoms with van der Waals surface area (Å²) in [7, 11) is 0. The molecule has 0 aliphatic carbocycles. The van der Waals surface area contributed by atoms with Crippen molar-refractivity contribution in [1.82, 2.24) is 25.0 Å². The van der Waals surface area contributed by atoms with Crippen molar-refractivity contribution < 1.29 is 19.0 Å². The molecule has 2 aromatic carbocycles. The van der Waals surface area contributed by atoms with Gasteiger partial charge in [-0.25, -0.2) is 14.6 Å². The number of carbonyl (C=O) groups excluding carboxylic acids is 1. The number of nitrogens with zero attached hydrogens (tertiary/aromatic N) is 5. The number of fused-ring (bicyclic) bond motifs is 2. The van der Waals surface area contributed by atoms with E-state index in [1.165, 1.54) is 11.0 Å². The molecule has 10 heteroatoms. The predicted molar refractivity (Wildman–Crippen MR) is 105 cm³/mol. The van der Waals surface area contributed by atoms with Crippen LogP contribution in [0.4, 0.5) is 5.82 Å². The largest absolute Gasteiger partial charge is 0.473 e. The minimum Gasteiger partial charge on any atom is -0.473 e. The first-order valence-corrected chi connectivity index (χ1v) is 9.16. The molecule has 0 atom stereocenters. The second kappa shape index (κ2) is 7.66. The molecular formula is C20H16N6O4. The summed E-state index contributed by atoms with van der Waals surface area (Å²) < 4.78 is 17.9. The van der Waals surface area contributed by atoms with Gasteiger partial charge in [-0.15, -0.1) is 5.10 Å². The van der Waals surface area contributed by atoms with Crippen molar-refractivity contribution in [2.45, 2.75) is 13.2 Å². The summed E-state index contributed by atoms with van der Waals surface area (Å²) in [4.78, 5) is 20.5. The van der Waals surface area contributed by atoms with E-state index < -0.39 is 0 Å². The van der Waals surface area contributed by atoms with Crippen LogP contribution in [0, 0.1) is 0 Å². The van der Waals surface area contributed by atoms with E-state index in [2.05, 4.69) is 25.6 Å². The molecule has 2 aromatic heterocycles. The highest BCUT2D eigenvalue weighted by molar-refractivity contribution is 5.90. The van der Waals surface area contributed by atoms with Crippen LogP contribution in [0.2, 0.25) is 0 Å². The summed E-state index contributed by atoms with van der Waals surface area (Å²) >= 11 is 0. The van der Waals surface area contributed by atoms with Crippen LogP contribution in [0.3, 0.4) is 0 Å². The molecule has 1 N–H and O–H groups in total. The van der Waals surface area contributed by atoms with E-state index in [-0.39, 0.29) is 25.9 Å². The molecule has 5 rings (SSSR count). The Balaban J connectivity index is 1.22. The lowest BCUT2D eigenvalue weighted by Gasteiger charge is -2.08. The molecule has 1 aliphatic rings. The summed E-state index contributed by atoms with van der Waals surface area (Å²) in [6.45, 7) is 0.517. The van der Waals surface area contributed by atoms with Crippen LogP contribution >= 0.6 is 0 Å². The number of benzene rings is 2. The predicted octanol–water partition coefficient (Wildman–Crippen LogP) is 2.17. The van der Waals surface area contributed by atoms with Crippen molar-refractivity contribution in [2.24, 2.45) is 0 Å². The van der Waals surface area contributed by atoms with E-state index in [9.17, 15) is 4.79 Å². The maximum atomic E-state index is 12.4. The van der Waals surface area contributed by atoms with E-state index >= 15 is 0 Å². The van der Waals surface area contributed by atoms with Crippen molar-refractivity contribution in [1.29, 1.82) is 0 Å². The molecule has 0 spiro atoms. The van der Waals surface area contributed by atoms with Crippen molar-refractivity contribution in [3.63, 3.8) is 0 Å². The highest BCUT2D eigenvalue weighted by Gasteiger charge is 2.14. The number of hydrogen-bond donors (Lipinski definition) is 1. The Morgan fingerprint density at radius 2 is 2.00 bits per heavy atom. The molecule has 0 saturated carbocycles. The van der Waals surface area contributed by atoms with Crippen molar-refractivity contribution >= 4 is 22.8 Å². The molecule has 0 radical (unpaired) electrons. The van der Waals surface area contributed by atoms with E-state index in [4.69, 9.17) is 14.2 Å². The second-order valence-electron chi connectivity index (χ2n) is 6.50. The van der Waals surface area contributed by atoms with Crippen LogP contribution in [0.5, 0.6) is 17.4 Å². The first kappa shape index (κ1) is 17.9. The maximum Gasteiger partial charge on any atom is 0.247 e. The number of aromatic nitrogens is 5. The van der Waals surface area contributed by atoms with E-state index in [1.54, 1.807) is 6.07 Å². The van der Waals surface area contributed by atoms with Crippen LogP contribution in [0.1, 0.15) is 5.56 Å². The van der Waals surface area contributed by atoms with E-state index in [0.29, 0.717) is 23.2 Å². The first-order valence-electron chi connectivity index (χ1n) is 9.16. The van der Waals surface area contributed by atoms with Crippen LogP contribution in [0.15, 0.2) is 54.9 Å². The molecule has 0 fully saturated rings. The first-order chi connectivity index (χ1) is 14.7. The zero-order valence-electron chi connectivity index (χ0n) is 15.7. The minimum atomic E-state index is -0.286. The van der Waals surface area contributed by atoms with Gasteiger partial charge in [-0.2, -0.15) is 0 Å². The Labute approximate surface area is 170 Å². The maximum absolute atomic E-state index is 12.4. The number of amides is 1. The van der Waals surface area contributed by atoms with Gasteiger partial charge in [0.1, 0.15) is 30.8 Å². The van der Waals surface area contributed by atoms with Gasteiger partial charge in [0.2, 0.25) is 18.6 Å². The van der Waals surface area contributed by atoms with Crippen LogP contribution in [-0.2, 0) is 17.9 Å². The van der Waals surface area contributed by atoms with Gasteiger partial charge in [0.25, 0.3) is 0 Å². The number of carbonyl (C=O) groups is 1. The Morgan fingerprint density at radius 1 is 1.10 bits per heavy atom. The standard InChI is InChI=1S/C20H16N6O4/c27-19(9-26-15-4-2-1-3-14(15)24-25-26)23-18-8-20(22-11-21-18)28-10-13-5-6-16-17(7-13)30-12-29-16/h1-8,11H,9-10,12H2,(H,21,22,23,27). The van der Waals surface area contributed by atoms with Crippen LogP contribution in [-0.4, -0.2) is 37.7 Å². The van der Waals surface area contributed by atoms with Crippen molar-refractivity contribution in [2.75, 3.05) is 12.1 Å². The number of nitrogens with one attached hydrogen (secondary N) is 1. The summed E-state index contributed by atoms with van der Waals surface area (Å²) in [5.41, 5.74) is 2.41. The number of hydrogen-bond acceptors (Lipinski definition) is 8. The monoisotopic (exact) mass is 404 g/mol. The molecular weight excluding hydrogens is 388 g/mol. The van der Waals surface area contributed by atoms with Crippen molar-refractivity contribution in [3.05, 3.63) is 60.4 Å². The molecule has 0 bridgehead atoms. The smallest absolute Gasteiger partial charge is 0.247 e. The number of rotatable bonds is 6. The molecule has 150 valence electrons. The minimum absolute atomic E-state index is 0.0118. The fourth-order valence-corrected chi connectivity index (χ4v) is 3.03. The number of para-hydroxylation sites is 1. The Hall–Kier alpha value is -4.21. The van der Waals surface area contributed by atoms with E-state index in [0.717, 1.165) is 16.6 Å². The zero-order chi connectivity index (χ0) is 20.3. The highest BCUT2D eigenvalue weighted by atomic mass is 16.7. The molecule has 1 aliphatic heterocycles. The third kappa shape index (κ3) is 3.70. The van der Waals surface area contributed by atoms with Crippen molar-refractivity contribution in [3.8, 4) is 17.4 Å². The summed E-state index contributed by atoms with van der Waals surface area (Å²) in [6, 6.07) is 14.6. The second-order valence-corrected chi connectivity index (χ2v) is 6.50. The molecule has 3 heterocycles. The molecule has 4 aromatic rings. The molecule has 0 unspecified atom stereocenters. The van der Waals surface area contributed by atoms with Gasteiger partial charge >= 0.3 is 0 Å². The molecule has 10 nitrogen and oxygen atoms in total.